The Labute approximate surface area is 116 Å². The summed E-state index contributed by atoms with van der Waals surface area (Å²) < 4.78 is 0. The zero-order valence-corrected chi connectivity index (χ0v) is 11.0. The van der Waals surface area contributed by atoms with E-state index in [1.807, 2.05) is 43.5 Å². The van der Waals surface area contributed by atoms with E-state index in [0.29, 0.717) is 5.56 Å². The highest BCUT2D eigenvalue weighted by atomic mass is 16.4. The molecule has 0 radical (unpaired) electrons. The quantitative estimate of drug-likeness (QED) is 0.762. The first-order valence-electron chi connectivity index (χ1n) is 6.34. The smallest absolute Gasteiger partial charge is 0.335 e. The molecule has 0 aliphatic rings. The molecule has 1 heterocycles. The van der Waals surface area contributed by atoms with Crippen LogP contribution in [0.15, 0.2) is 54.9 Å². The molecular weight excluding hydrogens is 250 g/mol. The summed E-state index contributed by atoms with van der Waals surface area (Å²) >= 11 is 0. The van der Waals surface area contributed by atoms with E-state index in [0.717, 1.165) is 27.5 Å². The number of carboxylic acid groups (broad SMARTS) is 1. The maximum Gasteiger partial charge on any atom is 0.335 e. The maximum atomic E-state index is 11.1. The predicted molar refractivity (Wildman–Crippen MR) is 78.9 cm³/mol. The summed E-state index contributed by atoms with van der Waals surface area (Å²) in [5.74, 6) is -0.888. The van der Waals surface area contributed by atoms with Crippen molar-refractivity contribution in [3.8, 4) is 11.1 Å². The van der Waals surface area contributed by atoms with Gasteiger partial charge < -0.3 is 5.11 Å². The van der Waals surface area contributed by atoms with Crippen molar-refractivity contribution in [1.82, 2.24) is 4.98 Å². The number of rotatable bonds is 2. The van der Waals surface area contributed by atoms with Gasteiger partial charge in [0, 0.05) is 18.0 Å². The third kappa shape index (κ3) is 2.03. The molecule has 3 rings (SSSR count). The van der Waals surface area contributed by atoms with Gasteiger partial charge >= 0.3 is 5.97 Å². The lowest BCUT2D eigenvalue weighted by atomic mass is 9.97. The van der Waals surface area contributed by atoms with E-state index in [9.17, 15) is 4.79 Å². The summed E-state index contributed by atoms with van der Waals surface area (Å²) in [6.07, 6.45) is 3.56. The Morgan fingerprint density at radius 3 is 2.65 bits per heavy atom. The van der Waals surface area contributed by atoms with Crippen LogP contribution in [-0.2, 0) is 0 Å². The number of fused-ring (bicyclic) bond motifs is 1. The second kappa shape index (κ2) is 4.78. The van der Waals surface area contributed by atoms with Crippen molar-refractivity contribution < 1.29 is 9.90 Å². The minimum atomic E-state index is -0.888. The number of aromatic carboxylic acids is 1. The van der Waals surface area contributed by atoms with Gasteiger partial charge in [0.25, 0.3) is 0 Å². The first kappa shape index (κ1) is 12.4. The Bertz CT molecular complexity index is 795. The minimum Gasteiger partial charge on any atom is -0.478 e. The van der Waals surface area contributed by atoms with E-state index in [-0.39, 0.29) is 0 Å². The molecule has 1 aromatic heterocycles. The zero-order chi connectivity index (χ0) is 14.1. The molecule has 3 heteroatoms. The van der Waals surface area contributed by atoms with Crippen molar-refractivity contribution in [3.05, 3.63) is 66.0 Å². The van der Waals surface area contributed by atoms with Crippen LogP contribution in [0.1, 0.15) is 15.9 Å². The highest BCUT2D eigenvalue weighted by molar-refractivity contribution is 5.98. The van der Waals surface area contributed by atoms with Gasteiger partial charge in [-0.2, -0.15) is 0 Å². The Balaban J connectivity index is 2.19. The molecule has 0 amide bonds. The van der Waals surface area contributed by atoms with Gasteiger partial charge in [0.1, 0.15) is 0 Å². The van der Waals surface area contributed by atoms with Gasteiger partial charge in [-0.15, -0.1) is 0 Å². The van der Waals surface area contributed by atoms with E-state index < -0.39 is 5.97 Å². The number of hydrogen-bond acceptors (Lipinski definition) is 2. The minimum absolute atomic E-state index is 0.353. The molecule has 0 unspecified atom stereocenters. The highest BCUT2D eigenvalue weighted by Crippen LogP contribution is 2.27. The standard InChI is InChI=1S/C17H13NO2/c1-11-15-6-4-12(14-3-2-8-18-10-14)9-13(15)5-7-16(11)17(19)20/h2-10H,1H3,(H,19,20). The third-order valence-electron chi connectivity index (χ3n) is 3.51. The second-order valence-electron chi connectivity index (χ2n) is 4.72. The molecule has 0 atom stereocenters. The van der Waals surface area contributed by atoms with Gasteiger partial charge in [0.15, 0.2) is 0 Å². The van der Waals surface area contributed by atoms with Crippen molar-refractivity contribution in [2.45, 2.75) is 6.92 Å². The molecule has 1 N–H and O–H groups in total. The fraction of sp³-hybridized carbons (Fsp3) is 0.0588. The molecular formula is C17H13NO2. The molecule has 2 aromatic carbocycles. The van der Waals surface area contributed by atoms with Gasteiger partial charge in [-0.25, -0.2) is 4.79 Å². The summed E-state index contributed by atoms with van der Waals surface area (Å²) in [6.45, 7) is 1.84. The van der Waals surface area contributed by atoms with Crippen LogP contribution in [0.2, 0.25) is 0 Å². The molecule has 0 bridgehead atoms. The largest absolute Gasteiger partial charge is 0.478 e. The monoisotopic (exact) mass is 263 g/mol. The maximum absolute atomic E-state index is 11.1. The number of aromatic nitrogens is 1. The van der Waals surface area contributed by atoms with E-state index in [1.54, 1.807) is 12.3 Å². The lowest BCUT2D eigenvalue weighted by molar-refractivity contribution is 0.0696. The Hall–Kier alpha value is -2.68. The molecule has 0 spiro atoms. The van der Waals surface area contributed by atoms with Gasteiger partial charge in [0.2, 0.25) is 0 Å². The summed E-state index contributed by atoms with van der Waals surface area (Å²) in [5.41, 5.74) is 3.28. The average molecular weight is 263 g/mol. The number of pyridine rings is 1. The summed E-state index contributed by atoms with van der Waals surface area (Å²) in [6, 6.07) is 13.5. The Kier molecular flexibility index (Phi) is 2.95. The van der Waals surface area contributed by atoms with Gasteiger partial charge in [0.05, 0.1) is 5.56 Å². The first-order valence-corrected chi connectivity index (χ1v) is 6.34. The van der Waals surface area contributed by atoms with Gasteiger partial charge in [-0.05, 0) is 47.0 Å². The number of carboxylic acids is 1. The van der Waals surface area contributed by atoms with Crippen molar-refractivity contribution in [2.24, 2.45) is 0 Å². The molecule has 0 saturated carbocycles. The molecule has 3 aromatic rings. The third-order valence-corrected chi connectivity index (χ3v) is 3.51. The van der Waals surface area contributed by atoms with E-state index in [4.69, 9.17) is 5.11 Å². The van der Waals surface area contributed by atoms with Crippen LogP contribution >= 0.6 is 0 Å². The normalized spacial score (nSPS) is 10.7. The molecule has 0 aliphatic carbocycles. The average Bonchev–Trinajstić information content (AvgIpc) is 2.48. The van der Waals surface area contributed by atoms with Crippen molar-refractivity contribution >= 4 is 16.7 Å². The lowest BCUT2D eigenvalue weighted by Gasteiger charge is -2.08. The first-order chi connectivity index (χ1) is 9.66. The molecule has 0 saturated heterocycles. The molecule has 0 aliphatic heterocycles. The number of aryl methyl sites for hydroxylation is 1. The Morgan fingerprint density at radius 2 is 1.95 bits per heavy atom. The second-order valence-corrected chi connectivity index (χ2v) is 4.72. The molecule has 0 fully saturated rings. The number of benzene rings is 2. The van der Waals surface area contributed by atoms with Crippen LogP contribution in [0.5, 0.6) is 0 Å². The van der Waals surface area contributed by atoms with Crippen LogP contribution in [0, 0.1) is 6.92 Å². The van der Waals surface area contributed by atoms with Gasteiger partial charge in [-0.3, -0.25) is 4.98 Å². The number of carbonyl (C=O) groups is 1. The van der Waals surface area contributed by atoms with Crippen molar-refractivity contribution in [1.29, 1.82) is 0 Å². The van der Waals surface area contributed by atoms with Crippen molar-refractivity contribution in [2.75, 3.05) is 0 Å². The van der Waals surface area contributed by atoms with Crippen LogP contribution in [0.25, 0.3) is 21.9 Å². The van der Waals surface area contributed by atoms with Crippen LogP contribution in [0.3, 0.4) is 0 Å². The fourth-order valence-corrected chi connectivity index (χ4v) is 2.43. The summed E-state index contributed by atoms with van der Waals surface area (Å²) in [5, 5.41) is 11.2. The molecule has 98 valence electrons. The summed E-state index contributed by atoms with van der Waals surface area (Å²) in [4.78, 5) is 15.3. The topological polar surface area (TPSA) is 50.2 Å². The zero-order valence-electron chi connectivity index (χ0n) is 11.0. The molecule has 20 heavy (non-hydrogen) atoms. The highest BCUT2D eigenvalue weighted by Gasteiger charge is 2.10. The fourth-order valence-electron chi connectivity index (χ4n) is 2.43. The van der Waals surface area contributed by atoms with E-state index in [2.05, 4.69) is 11.1 Å². The van der Waals surface area contributed by atoms with E-state index in [1.165, 1.54) is 0 Å². The number of hydrogen-bond donors (Lipinski definition) is 1. The van der Waals surface area contributed by atoms with Crippen molar-refractivity contribution in [3.63, 3.8) is 0 Å². The van der Waals surface area contributed by atoms with E-state index >= 15 is 0 Å². The van der Waals surface area contributed by atoms with Gasteiger partial charge in [-0.1, -0.05) is 24.3 Å². The molecule has 3 nitrogen and oxygen atoms in total. The number of nitrogens with zero attached hydrogens (tertiary/aromatic N) is 1. The van der Waals surface area contributed by atoms with Crippen LogP contribution < -0.4 is 0 Å². The Morgan fingerprint density at radius 1 is 1.10 bits per heavy atom. The summed E-state index contributed by atoms with van der Waals surface area (Å²) in [7, 11) is 0. The van der Waals surface area contributed by atoms with Crippen LogP contribution in [-0.4, -0.2) is 16.1 Å². The lowest BCUT2D eigenvalue weighted by Crippen LogP contribution is -1.99. The van der Waals surface area contributed by atoms with Crippen LogP contribution in [0.4, 0.5) is 0 Å². The SMILES string of the molecule is Cc1c(C(=O)O)ccc2cc(-c3cccnc3)ccc12. The predicted octanol–water partition coefficient (Wildman–Crippen LogP) is 3.91.